The Morgan fingerprint density at radius 1 is 1.28 bits per heavy atom. The van der Waals surface area contributed by atoms with Crippen LogP contribution >= 0.6 is 0 Å². The molecule has 1 aromatic rings. The molecule has 0 N–H and O–H groups in total. The summed E-state index contributed by atoms with van der Waals surface area (Å²) in [7, 11) is 0. The molecule has 1 heterocycles. The van der Waals surface area contributed by atoms with E-state index in [9.17, 15) is 0 Å². The van der Waals surface area contributed by atoms with E-state index >= 15 is 0 Å². The van der Waals surface area contributed by atoms with E-state index in [1.54, 1.807) is 0 Å². The van der Waals surface area contributed by atoms with Gasteiger partial charge in [-0.05, 0) is 18.9 Å². The lowest BCUT2D eigenvalue weighted by Gasteiger charge is -2.08. The van der Waals surface area contributed by atoms with Crippen molar-refractivity contribution in [1.29, 1.82) is 0 Å². The number of nitrogens with zero attached hydrogens (tertiary/aromatic N) is 1. The number of allylic oxidation sites excluding steroid dienone is 2. The number of ether oxygens (including phenoxy) is 1. The van der Waals surface area contributed by atoms with E-state index in [1.807, 2.05) is 6.07 Å². The minimum atomic E-state index is 0.268. The van der Waals surface area contributed by atoms with Crippen LogP contribution in [0.3, 0.4) is 0 Å². The maximum absolute atomic E-state index is 5.75. The van der Waals surface area contributed by atoms with Gasteiger partial charge in [-0.15, -0.1) is 0 Å². The van der Waals surface area contributed by atoms with Gasteiger partial charge in [0.1, 0.15) is 6.61 Å². The Morgan fingerprint density at radius 2 is 2.11 bits per heavy atom. The van der Waals surface area contributed by atoms with Gasteiger partial charge in [-0.3, -0.25) is 0 Å². The first kappa shape index (κ1) is 11.3. The van der Waals surface area contributed by atoms with Gasteiger partial charge in [-0.25, -0.2) is 4.99 Å². The minimum Gasteiger partial charge on any atom is -0.478 e. The summed E-state index contributed by atoms with van der Waals surface area (Å²) >= 11 is 0. The molecule has 2 aliphatic rings. The zero-order chi connectivity index (χ0) is 12.4. The van der Waals surface area contributed by atoms with Crippen LogP contribution in [0.1, 0.15) is 12.5 Å². The average molecular weight is 239 g/mol. The maximum Gasteiger partial charge on any atom is 0.195 e. The fraction of sp³-hybridized carbons (Fsp3) is 0.312. The van der Waals surface area contributed by atoms with Crippen LogP contribution < -0.4 is 0 Å². The van der Waals surface area contributed by atoms with Crippen molar-refractivity contribution >= 4 is 5.90 Å². The van der Waals surface area contributed by atoms with Crippen LogP contribution in [0, 0.1) is 5.92 Å². The zero-order valence-electron chi connectivity index (χ0n) is 10.5. The van der Waals surface area contributed by atoms with Crippen molar-refractivity contribution in [3.05, 3.63) is 59.7 Å². The highest BCUT2D eigenvalue weighted by Crippen LogP contribution is 2.24. The second kappa shape index (κ2) is 4.81. The topological polar surface area (TPSA) is 21.6 Å². The molecule has 92 valence electrons. The standard InChI is InChI=1S/C16H17NO/c1-12-6-5-9-15(12)16-17-14(11-18-16)10-13-7-3-2-4-8-13/h2-9,14-15H,10-11H2,1H3/t14-,15?/m0/s1. The fourth-order valence-electron chi connectivity index (χ4n) is 2.45. The van der Waals surface area contributed by atoms with Crippen molar-refractivity contribution < 1.29 is 4.74 Å². The predicted molar refractivity (Wildman–Crippen MR) is 73.7 cm³/mol. The summed E-state index contributed by atoms with van der Waals surface area (Å²) in [6.07, 6.45) is 7.32. The molecule has 0 bridgehead atoms. The van der Waals surface area contributed by atoms with E-state index in [0.29, 0.717) is 6.61 Å². The van der Waals surface area contributed by atoms with Crippen molar-refractivity contribution in [2.24, 2.45) is 10.9 Å². The molecular weight excluding hydrogens is 222 g/mol. The Morgan fingerprint density at radius 3 is 2.83 bits per heavy atom. The summed E-state index contributed by atoms with van der Waals surface area (Å²) in [4.78, 5) is 4.72. The quantitative estimate of drug-likeness (QED) is 0.794. The normalized spacial score (nSPS) is 25.8. The highest BCUT2D eigenvalue weighted by atomic mass is 16.5. The molecule has 1 unspecified atom stereocenters. The lowest BCUT2D eigenvalue weighted by Crippen LogP contribution is -2.12. The first-order chi connectivity index (χ1) is 8.83. The van der Waals surface area contributed by atoms with E-state index in [-0.39, 0.29) is 12.0 Å². The summed E-state index contributed by atoms with van der Waals surface area (Å²) in [6, 6.07) is 10.7. The average Bonchev–Trinajstić information content (AvgIpc) is 2.99. The summed E-state index contributed by atoms with van der Waals surface area (Å²) in [5, 5.41) is 0. The third-order valence-electron chi connectivity index (χ3n) is 3.47. The molecule has 0 fully saturated rings. The number of rotatable bonds is 3. The number of hydrogen-bond donors (Lipinski definition) is 0. The highest BCUT2D eigenvalue weighted by molar-refractivity contribution is 5.85. The molecule has 2 atom stereocenters. The van der Waals surface area contributed by atoms with Gasteiger partial charge in [0, 0.05) is 0 Å². The molecule has 18 heavy (non-hydrogen) atoms. The number of benzene rings is 1. The predicted octanol–water partition coefficient (Wildman–Crippen LogP) is 3.16. The van der Waals surface area contributed by atoms with Crippen LogP contribution in [-0.2, 0) is 11.2 Å². The molecule has 0 radical (unpaired) electrons. The van der Waals surface area contributed by atoms with Gasteiger partial charge >= 0.3 is 0 Å². The molecule has 1 aromatic carbocycles. The van der Waals surface area contributed by atoms with Gasteiger partial charge in [0.2, 0.25) is 0 Å². The molecule has 1 aliphatic heterocycles. The van der Waals surface area contributed by atoms with E-state index in [4.69, 9.17) is 9.73 Å². The Bertz CT molecular complexity index is 513. The van der Waals surface area contributed by atoms with Crippen LogP contribution in [0.15, 0.2) is 59.1 Å². The summed E-state index contributed by atoms with van der Waals surface area (Å²) < 4.78 is 5.75. The van der Waals surface area contributed by atoms with Crippen LogP contribution in [-0.4, -0.2) is 18.5 Å². The third kappa shape index (κ3) is 2.23. The van der Waals surface area contributed by atoms with Crippen molar-refractivity contribution in [3.8, 4) is 0 Å². The fourth-order valence-corrected chi connectivity index (χ4v) is 2.45. The zero-order valence-corrected chi connectivity index (χ0v) is 10.5. The van der Waals surface area contributed by atoms with Crippen LogP contribution in [0.4, 0.5) is 0 Å². The molecule has 2 nitrogen and oxygen atoms in total. The first-order valence-electron chi connectivity index (χ1n) is 6.42. The SMILES string of the molecule is CC1=CC=CC1C1=N[C@@H](Cc2ccccc2)CO1. The van der Waals surface area contributed by atoms with Gasteiger partial charge in [0.05, 0.1) is 12.0 Å². The minimum absolute atomic E-state index is 0.268. The van der Waals surface area contributed by atoms with E-state index in [0.717, 1.165) is 12.3 Å². The van der Waals surface area contributed by atoms with Crippen molar-refractivity contribution in [1.82, 2.24) is 0 Å². The number of aliphatic imine (C=N–C) groups is 1. The molecule has 2 heteroatoms. The van der Waals surface area contributed by atoms with Crippen molar-refractivity contribution in [2.45, 2.75) is 19.4 Å². The highest BCUT2D eigenvalue weighted by Gasteiger charge is 2.26. The number of hydrogen-bond acceptors (Lipinski definition) is 2. The summed E-state index contributed by atoms with van der Waals surface area (Å²) in [5.41, 5.74) is 2.64. The largest absolute Gasteiger partial charge is 0.478 e. The third-order valence-corrected chi connectivity index (χ3v) is 3.47. The van der Waals surface area contributed by atoms with Gasteiger partial charge < -0.3 is 4.74 Å². The van der Waals surface area contributed by atoms with Crippen LogP contribution in [0.5, 0.6) is 0 Å². The van der Waals surface area contributed by atoms with Gasteiger partial charge in [-0.1, -0.05) is 54.1 Å². The maximum atomic E-state index is 5.75. The molecule has 1 aliphatic carbocycles. The Balaban J connectivity index is 1.69. The molecule has 0 amide bonds. The summed E-state index contributed by atoms with van der Waals surface area (Å²) in [5.74, 6) is 1.16. The lowest BCUT2D eigenvalue weighted by atomic mass is 10.0. The van der Waals surface area contributed by atoms with Gasteiger partial charge in [0.15, 0.2) is 5.90 Å². The van der Waals surface area contributed by atoms with E-state index in [1.165, 1.54) is 11.1 Å². The van der Waals surface area contributed by atoms with Crippen molar-refractivity contribution in [2.75, 3.05) is 6.61 Å². The monoisotopic (exact) mass is 239 g/mol. The first-order valence-corrected chi connectivity index (χ1v) is 6.42. The van der Waals surface area contributed by atoms with E-state index < -0.39 is 0 Å². The van der Waals surface area contributed by atoms with Gasteiger partial charge in [0.25, 0.3) is 0 Å². The van der Waals surface area contributed by atoms with Gasteiger partial charge in [-0.2, -0.15) is 0 Å². The molecule has 3 rings (SSSR count). The Hall–Kier alpha value is -1.83. The second-order valence-electron chi connectivity index (χ2n) is 4.90. The van der Waals surface area contributed by atoms with E-state index in [2.05, 4.69) is 49.4 Å². The molecule has 0 saturated carbocycles. The van der Waals surface area contributed by atoms with Crippen LogP contribution in [0.2, 0.25) is 0 Å². The Labute approximate surface area is 108 Å². The molecule has 0 saturated heterocycles. The lowest BCUT2D eigenvalue weighted by molar-refractivity contribution is 0.305. The molecule has 0 spiro atoms. The smallest absolute Gasteiger partial charge is 0.195 e. The van der Waals surface area contributed by atoms with Crippen molar-refractivity contribution in [3.63, 3.8) is 0 Å². The molecular formula is C16H17NO. The summed E-state index contributed by atoms with van der Waals surface area (Å²) in [6.45, 7) is 2.84. The molecule has 0 aromatic heterocycles. The van der Waals surface area contributed by atoms with Crippen LogP contribution in [0.25, 0.3) is 0 Å². The second-order valence-corrected chi connectivity index (χ2v) is 4.90. The Kier molecular flexibility index (Phi) is 3.01.